The van der Waals surface area contributed by atoms with Crippen LogP contribution in [0.1, 0.15) is 37.7 Å². The lowest BCUT2D eigenvalue weighted by molar-refractivity contribution is -0.0772. The molecule has 0 unspecified atom stereocenters. The van der Waals surface area contributed by atoms with Crippen LogP contribution < -0.4 is 4.90 Å². The lowest BCUT2D eigenvalue weighted by Gasteiger charge is -2.55. The molecule has 0 bridgehead atoms. The van der Waals surface area contributed by atoms with Gasteiger partial charge in [-0.1, -0.05) is 12.1 Å². The molecule has 0 aromatic heterocycles. The summed E-state index contributed by atoms with van der Waals surface area (Å²) in [6, 6.07) is 10.2. The summed E-state index contributed by atoms with van der Waals surface area (Å²) in [6.45, 7) is 8.37. The summed E-state index contributed by atoms with van der Waals surface area (Å²) in [5, 5.41) is 10.1. The van der Waals surface area contributed by atoms with E-state index in [2.05, 4.69) is 52.9 Å². The largest absolute Gasteiger partial charge is 0.396 e. The number of hydrogen-bond acceptors (Lipinski definition) is 4. The van der Waals surface area contributed by atoms with E-state index in [1.54, 1.807) is 0 Å². The molecule has 0 radical (unpaired) electrons. The van der Waals surface area contributed by atoms with Crippen LogP contribution in [0.25, 0.3) is 0 Å². The second-order valence-corrected chi connectivity index (χ2v) is 8.92. The number of aryl methyl sites for hydroxylation is 1. The highest BCUT2D eigenvalue weighted by Crippen LogP contribution is 2.42. The molecule has 2 atom stereocenters. The van der Waals surface area contributed by atoms with Crippen molar-refractivity contribution in [1.82, 2.24) is 9.80 Å². The maximum absolute atomic E-state index is 10.1. The maximum atomic E-state index is 10.1. The van der Waals surface area contributed by atoms with Crippen LogP contribution in [-0.2, 0) is 0 Å². The van der Waals surface area contributed by atoms with Gasteiger partial charge in [-0.2, -0.15) is 0 Å². The van der Waals surface area contributed by atoms with Crippen molar-refractivity contribution in [3.8, 4) is 0 Å². The average molecular weight is 358 g/mol. The first kappa shape index (κ1) is 18.3. The quantitative estimate of drug-likeness (QED) is 0.901. The summed E-state index contributed by atoms with van der Waals surface area (Å²) in [4.78, 5) is 7.82. The molecule has 3 aliphatic rings. The van der Waals surface area contributed by atoms with Crippen molar-refractivity contribution >= 4 is 5.69 Å². The Morgan fingerprint density at radius 1 is 1.12 bits per heavy atom. The van der Waals surface area contributed by atoms with Crippen molar-refractivity contribution in [2.24, 2.45) is 5.41 Å². The Morgan fingerprint density at radius 2 is 1.92 bits per heavy atom. The fourth-order valence-electron chi connectivity index (χ4n) is 5.68. The van der Waals surface area contributed by atoms with Gasteiger partial charge >= 0.3 is 0 Å². The molecule has 3 fully saturated rings. The van der Waals surface area contributed by atoms with Crippen LogP contribution in [0.4, 0.5) is 5.69 Å². The van der Waals surface area contributed by atoms with E-state index in [1.807, 2.05) is 0 Å². The van der Waals surface area contributed by atoms with E-state index in [0.29, 0.717) is 18.7 Å². The molecule has 1 aromatic rings. The van der Waals surface area contributed by atoms with E-state index in [4.69, 9.17) is 0 Å². The first-order valence-corrected chi connectivity index (χ1v) is 10.5. The zero-order chi connectivity index (χ0) is 18.1. The zero-order valence-electron chi connectivity index (χ0n) is 16.5. The first-order chi connectivity index (χ1) is 12.6. The van der Waals surface area contributed by atoms with Gasteiger partial charge in [-0.05, 0) is 76.9 Å². The van der Waals surface area contributed by atoms with Crippen molar-refractivity contribution < 1.29 is 5.11 Å². The third kappa shape index (κ3) is 3.39. The fourth-order valence-corrected chi connectivity index (χ4v) is 5.68. The molecule has 3 aliphatic heterocycles. The van der Waals surface area contributed by atoms with E-state index in [1.165, 1.54) is 50.0 Å². The molecule has 0 spiro atoms. The molecule has 4 heteroatoms. The van der Waals surface area contributed by atoms with E-state index in [-0.39, 0.29) is 5.41 Å². The van der Waals surface area contributed by atoms with Gasteiger partial charge in [-0.3, -0.25) is 4.90 Å². The van der Waals surface area contributed by atoms with Crippen LogP contribution in [0.3, 0.4) is 0 Å². The Balaban J connectivity index is 1.38. The summed E-state index contributed by atoms with van der Waals surface area (Å²) in [6.07, 6.45) is 6.13. The van der Waals surface area contributed by atoms with Gasteiger partial charge in [0.15, 0.2) is 0 Å². The number of rotatable bonds is 3. The number of hydrogen-bond donors (Lipinski definition) is 1. The van der Waals surface area contributed by atoms with Crippen LogP contribution in [0.15, 0.2) is 24.3 Å². The van der Waals surface area contributed by atoms with E-state index in [9.17, 15) is 5.11 Å². The number of likely N-dealkylation sites (tertiary alicyclic amines) is 2. The van der Waals surface area contributed by atoms with Gasteiger partial charge in [0.2, 0.25) is 0 Å². The minimum atomic E-state index is 0.158. The van der Waals surface area contributed by atoms with E-state index >= 15 is 0 Å². The lowest BCUT2D eigenvalue weighted by Crippen LogP contribution is -2.63. The fraction of sp³-hybridized carbons (Fsp3) is 0.727. The van der Waals surface area contributed by atoms with Gasteiger partial charge in [0.25, 0.3) is 0 Å². The Hall–Kier alpha value is -1.10. The van der Waals surface area contributed by atoms with Gasteiger partial charge in [-0.15, -0.1) is 0 Å². The molecule has 3 heterocycles. The van der Waals surface area contributed by atoms with Crippen molar-refractivity contribution in [2.45, 2.75) is 51.1 Å². The van der Waals surface area contributed by atoms with Gasteiger partial charge in [-0.25, -0.2) is 0 Å². The summed E-state index contributed by atoms with van der Waals surface area (Å²) in [5.41, 5.74) is 2.89. The summed E-state index contributed by atoms with van der Waals surface area (Å²) in [5.74, 6) is 0. The maximum Gasteiger partial charge on any atom is 0.0503 e. The number of likely N-dealkylation sites (N-methyl/N-ethyl adjacent to an activating group) is 1. The molecule has 0 saturated carbocycles. The highest BCUT2D eigenvalue weighted by atomic mass is 16.3. The summed E-state index contributed by atoms with van der Waals surface area (Å²) < 4.78 is 0. The molecule has 1 N–H and O–H groups in total. The van der Waals surface area contributed by atoms with E-state index < -0.39 is 0 Å². The van der Waals surface area contributed by atoms with E-state index in [0.717, 1.165) is 26.1 Å². The Bertz CT molecular complexity index is 613. The number of aliphatic hydroxyl groups is 1. The molecular weight excluding hydrogens is 322 g/mol. The third-order valence-electron chi connectivity index (χ3n) is 7.39. The number of aliphatic hydroxyl groups excluding tert-OH is 1. The molecule has 4 rings (SSSR count). The standard InChI is InChI=1S/C22H35N3O/c1-18-5-3-6-20(15-18)24-12-7-19(8-13-24)25-14-10-22(17-26)9-4-11-23(2)21(22)16-25/h3,5-6,15,19,21,26H,4,7-14,16-17H2,1-2H3/t21-,22-/m1/s1. The van der Waals surface area contributed by atoms with Gasteiger partial charge in [0, 0.05) is 42.8 Å². The van der Waals surface area contributed by atoms with Crippen molar-refractivity contribution in [2.75, 3.05) is 51.3 Å². The number of fused-ring (bicyclic) bond motifs is 1. The molecule has 1 aromatic carbocycles. The number of nitrogens with zero attached hydrogens (tertiary/aromatic N) is 3. The minimum Gasteiger partial charge on any atom is -0.396 e. The molecular formula is C22H35N3O. The second kappa shape index (κ2) is 7.49. The molecule has 26 heavy (non-hydrogen) atoms. The van der Waals surface area contributed by atoms with Gasteiger partial charge in [0.05, 0.1) is 6.61 Å². The Labute approximate surface area is 158 Å². The summed E-state index contributed by atoms with van der Waals surface area (Å²) >= 11 is 0. The SMILES string of the molecule is Cc1cccc(N2CCC(N3CC[C@@]4(CO)CCCN(C)[C@@H]4C3)CC2)c1. The first-order valence-electron chi connectivity index (χ1n) is 10.5. The van der Waals surface area contributed by atoms with Crippen molar-refractivity contribution in [3.05, 3.63) is 29.8 Å². The molecule has 144 valence electrons. The topological polar surface area (TPSA) is 30.0 Å². The number of benzene rings is 1. The molecule has 0 amide bonds. The zero-order valence-corrected chi connectivity index (χ0v) is 16.5. The third-order valence-corrected chi connectivity index (χ3v) is 7.39. The molecule has 0 aliphatic carbocycles. The highest BCUT2D eigenvalue weighted by molar-refractivity contribution is 5.48. The van der Waals surface area contributed by atoms with Crippen LogP contribution in [-0.4, -0.2) is 73.4 Å². The lowest BCUT2D eigenvalue weighted by atomic mass is 9.68. The predicted molar refractivity (Wildman–Crippen MR) is 108 cm³/mol. The normalized spacial score (nSPS) is 31.8. The Morgan fingerprint density at radius 3 is 2.65 bits per heavy atom. The minimum absolute atomic E-state index is 0.158. The van der Waals surface area contributed by atoms with Crippen LogP contribution >= 0.6 is 0 Å². The molecule has 4 nitrogen and oxygen atoms in total. The van der Waals surface area contributed by atoms with Crippen LogP contribution in [0.5, 0.6) is 0 Å². The number of anilines is 1. The number of piperidine rings is 3. The van der Waals surface area contributed by atoms with Crippen molar-refractivity contribution in [1.29, 1.82) is 0 Å². The van der Waals surface area contributed by atoms with Gasteiger partial charge in [0.1, 0.15) is 0 Å². The second-order valence-electron chi connectivity index (χ2n) is 8.92. The highest BCUT2D eigenvalue weighted by Gasteiger charge is 2.47. The van der Waals surface area contributed by atoms with Crippen LogP contribution in [0, 0.1) is 12.3 Å². The van der Waals surface area contributed by atoms with Gasteiger partial charge < -0.3 is 14.9 Å². The summed E-state index contributed by atoms with van der Waals surface area (Å²) in [7, 11) is 2.26. The van der Waals surface area contributed by atoms with Crippen molar-refractivity contribution in [3.63, 3.8) is 0 Å². The van der Waals surface area contributed by atoms with Crippen LogP contribution in [0.2, 0.25) is 0 Å². The smallest absolute Gasteiger partial charge is 0.0503 e. The predicted octanol–water partition coefficient (Wildman–Crippen LogP) is 2.74. The molecule has 3 saturated heterocycles. The monoisotopic (exact) mass is 357 g/mol. The average Bonchev–Trinajstić information content (AvgIpc) is 2.68. The Kier molecular flexibility index (Phi) is 5.27.